The lowest BCUT2D eigenvalue weighted by Gasteiger charge is -2.23. The van der Waals surface area contributed by atoms with Gasteiger partial charge in [-0.2, -0.15) is 0 Å². The average molecular weight is 544 g/mol. The second-order valence-electron chi connectivity index (χ2n) is 11.5. The summed E-state index contributed by atoms with van der Waals surface area (Å²) >= 11 is 1.86. The Kier molecular flexibility index (Phi) is 5.42. The molecule has 1 nitrogen and oxygen atoms in total. The molecule has 7 aromatic rings. The first-order valence-electron chi connectivity index (χ1n) is 14.2. The highest BCUT2D eigenvalue weighted by Crippen LogP contribution is 2.50. The van der Waals surface area contributed by atoms with Crippen LogP contribution in [0.25, 0.3) is 53.6 Å². The number of hydrogen-bond donors (Lipinski definition) is 1. The van der Waals surface area contributed by atoms with Gasteiger partial charge in [0.1, 0.15) is 0 Å². The van der Waals surface area contributed by atoms with E-state index in [1.54, 1.807) is 0 Å². The molecule has 0 atom stereocenters. The van der Waals surface area contributed by atoms with Crippen LogP contribution in [0.4, 0.5) is 11.4 Å². The van der Waals surface area contributed by atoms with Crippen LogP contribution in [-0.4, -0.2) is 0 Å². The van der Waals surface area contributed by atoms with E-state index in [1.165, 1.54) is 64.7 Å². The Labute approximate surface area is 244 Å². The summed E-state index contributed by atoms with van der Waals surface area (Å²) in [5, 5.41) is 6.34. The number of nitrogens with one attached hydrogen (secondary N) is 1. The molecule has 1 aliphatic carbocycles. The third-order valence-corrected chi connectivity index (χ3v) is 9.82. The normalized spacial score (nSPS) is 13.3. The van der Waals surface area contributed by atoms with Crippen LogP contribution >= 0.6 is 11.3 Å². The molecule has 1 heterocycles. The lowest BCUT2D eigenvalue weighted by atomic mass is 9.81. The number of fused-ring (bicyclic) bond motifs is 6. The fourth-order valence-corrected chi connectivity index (χ4v) is 7.53. The van der Waals surface area contributed by atoms with Crippen LogP contribution in [0.15, 0.2) is 133 Å². The van der Waals surface area contributed by atoms with Crippen LogP contribution in [0, 0.1) is 0 Å². The Morgan fingerprint density at radius 3 is 1.88 bits per heavy atom. The zero-order chi connectivity index (χ0) is 27.6. The summed E-state index contributed by atoms with van der Waals surface area (Å²) in [6.45, 7) is 4.69. The Balaban J connectivity index is 1.07. The molecule has 0 amide bonds. The summed E-state index contributed by atoms with van der Waals surface area (Å²) in [6, 6.07) is 48.7. The summed E-state index contributed by atoms with van der Waals surface area (Å²) in [5.41, 5.74) is 12.6. The third kappa shape index (κ3) is 3.98. The first-order chi connectivity index (χ1) is 20.0. The zero-order valence-electron chi connectivity index (χ0n) is 23.1. The first kappa shape index (κ1) is 24.2. The van der Waals surface area contributed by atoms with Crippen molar-refractivity contribution in [3.05, 3.63) is 145 Å². The number of rotatable bonds is 4. The molecule has 196 valence electrons. The largest absolute Gasteiger partial charge is 0.356 e. The molecule has 8 rings (SSSR count). The van der Waals surface area contributed by atoms with E-state index in [2.05, 4.69) is 153 Å². The second kappa shape index (κ2) is 9.19. The highest BCUT2D eigenvalue weighted by atomic mass is 32.1. The molecule has 2 heteroatoms. The van der Waals surface area contributed by atoms with E-state index < -0.39 is 0 Å². The van der Waals surface area contributed by atoms with Gasteiger partial charge in [0.15, 0.2) is 0 Å². The number of thiophene rings is 1. The maximum Gasteiger partial charge on any atom is 0.0387 e. The van der Waals surface area contributed by atoms with Gasteiger partial charge >= 0.3 is 0 Å². The molecule has 0 aliphatic heterocycles. The van der Waals surface area contributed by atoms with Crippen LogP contribution in [0.1, 0.15) is 25.0 Å². The molecule has 0 saturated carbocycles. The van der Waals surface area contributed by atoms with Crippen molar-refractivity contribution in [2.24, 2.45) is 0 Å². The minimum absolute atomic E-state index is 0.0680. The SMILES string of the molecule is CC1(C)c2cc(Nc3ccc(-c4ccc5sc6ccccc6c5c4)cc3)ccc2-c2ccc(-c3ccccc3)cc21. The van der Waals surface area contributed by atoms with Crippen molar-refractivity contribution in [1.82, 2.24) is 0 Å². The van der Waals surface area contributed by atoms with E-state index in [9.17, 15) is 0 Å². The maximum absolute atomic E-state index is 3.67. The quantitative estimate of drug-likeness (QED) is 0.233. The molecule has 0 saturated heterocycles. The van der Waals surface area contributed by atoms with Crippen molar-refractivity contribution >= 4 is 42.9 Å². The van der Waals surface area contributed by atoms with Gasteiger partial charge in [-0.15, -0.1) is 11.3 Å². The van der Waals surface area contributed by atoms with Gasteiger partial charge in [-0.1, -0.05) is 98.8 Å². The number of anilines is 2. The molecule has 41 heavy (non-hydrogen) atoms. The number of hydrogen-bond acceptors (Lipinski definition) is 2. The molecule has 6 aromatic carbocycles. The fraction of sp³-hybridized carbons (Fsp3) is 0.0769. The smallest absolute Gasteiger partial charge is 0.0387 e. The molecular weight excluding hydrogens is 515 g/mol. The third-order valence-electron chi connectivity index (χ3n) is 8.67. The van der Waals surface area contributed by atoms with Crippen LogP contribution < -0.4 is 5.32 Å². The average Bonchev–Trinajstić information content (AvgIpc) is 3.49. The fourth-order valence-electron chi connectivity index (χ4n) is 6.44. The molecule has 0 bridgehead atoms. The van der Waals surface area contributed by atoms with Crippen LogP contribution in [0.2, 0.25) is 0 Å². The van der Waals surface area contributed by atoms with Crippen molar-refractivity contribution in [1.29, 1.82) is 0 Å². The van der Waals surface area contributed by atoms with Crippen molar-refractivity contribution in [2.75, 3.05) is 5.32 Å². The summed E-state index contributed by atoms with van der Waals surface area (Å²) in [5.74, 6) is 0. The van der Waals surface area contributed by atoms with Crippen LogP contribution in [-0.2, 0) is 5.41 Å². The van der Waals surface area contributed by atoms with Gasteiger partial charge in [-0.25, -0.2) is 0 Å². The summed E-state index contributed by atoms with van der Waals surface area (Å²) in [7, 11) is 0. The zero-order valence-corrected chi connectivity index (χ0v) is 23.9. The van der Waals surface area contributed by atoms with Crippen molar-refractivity contribution < 1.29 is 0 Å². The molecule has 1 N–H and O–H groups in total. The molecule has 1 aromatic heterocycles. The highest BCUT2D eigenvalue weighted by molar-refractivity contribution is 7.25. The minimum Gasteiger partial charge on any atom is -0.356 e. The molecular formula is C39H29NS. The van der Waals surface area contributed by atoms with E-state index >= 15 is 0 Å². The summed E-state index contributed by atoms with van der Waals surface area (Å²) < 4.78 is 2.68. The second-order valence-corrected chi connectivity index (χ2v) is 12.6. The van der Waals surface area contributed by atoms with Gasteiger partial charge in [0.25, 0.3) is 0 Å². The van der Waals surface area contributed by atoms with E-state index in [1.807, 2.05) is 11.3 Å². The topological polar surface area (TPSA) is 12.0 Å². The van der Waals surface area contributed by atoms with Crippen molar-refractivity contribution in [2.45, 2.75) is 19.3 Å². The van der Waals surface area contributed by atoms with Gasteiger partial charge in [0, 0.05) is 37.0 Å². The van der Waals surface area contributed by atoms with Gasteiger partial charge in [-0.3, -0.25) is 0 Å². The van der Waals surface area contributed by atoms with Gasteiger partial charge in [0.05, 0.1) is 0 Å². The van der Waals surface area contributed by atoms with Crippen LogP contribution in [0.3, 0.4) is 0 Å². The van der Waals surface area contributed by atoms with Crippen molar-refractivity contribution in [3.8, 4) is 33.4 Å². The molecule has 0 fully saturated rings. The van der Waals surface area contributed by atoms with Gasteiger partial charge in [0.2, 0.25) is 0 Å². The van der Waals surface area contributed by atoms with E-state index in [0.29, 0.717) is 0 Å². The minimum atomic E-state index is -0.0680. The molecule has 0 spiro atoms. The molecule has 1 aliphatic rings. The molecule has 0 unspecified atom stereocenters. The summed E-state index contributed by atoms with van der Waals surface area (Å²) in [6.07, 6.45) is 0. The Morgan fingerprint density at radius 1 is 0.463 bits per heavy atom. The van der Waals surface area contributed by atoms with E-state index in [4.69, 9.17) is 0 Å². The standard InChI is InChI=1S/C39H29NS/c1-39(2)35-23-28(25-8-4-3-5-9-25)14-19-31(35)32-20-18-30(24-36(32)39)40-29-16-12-26(13-17-29)27-15-21-38-34(22-27)33-10-6-7-11-37(33)41-38/h3-24,40H,1-2H3. The lowest BCUT2D eigenvalue weighted by molar-refractivity contribution is 0.661. The highest BCUT2D eigenvalue weighted by Gasteiger charge is 2.35. The van der Waals surface area contributed by atoms with Crippen LogP contribution in [0.5, 0.6) is 0 Å². The number of benzene rings is 6. The molecule has 0 radical (unpaired) electrons. The van der Waals surface area contributed by atoms with E-state index in [-0.39, 0.29) is 5.41 Å². The van der Waals surface area contributed by atoms with Crippen molar-refractivity contribution in [3.63, 3.8) is 0 Å². The maximum atomic E-state index is 3.67. The van der Waals surface area contributed by atoms with Gasteiger partial charge < -0.3 is 5.32 Å². The van der Waals surface area contributed by atoms with Gasteiger partial charge in [-0.05, 0) is 93.0 Å². The Bertz CT molecular complexity index is 2080. The first-order valence-corrected chi connectivity index (χ1v) is 15.0. The monoisotopic (exact) mass is 543 g/mol. The lowest BCUT2D eigenvalue weighted by Crippen LogP contribution is -2.15. The van der Waals surface area contributed by atoms with E-state index in [0.717, 1.165) is 11.4 Å². The predicted octanol–water partition coefficient (Wildman–Crippen LogP) is 11.4. The Hall–Kier alpha value is -4.66. The Morgan fingerprint density at radius 2 is 1.05 bits per heavy atom. The summed E-state index contributed by atoms with van der Waals surface area (Å²) in [4.78, 5) is 0. The predicted molar refractivity (Wildman–Crippen MR) is 177 cm³/mol.